The molecule has 2 heterocycles. The topological polar surface area (TPSA) is 72.1 Å². The van der Waals surface area contributed by atoms with E-state index in [0.29, 0.717) is 23.7 Å². The van der Waals surface area contributed by atoms with E-state index in [1.807, 2.05) is 50.2 Å². The Morgan fingerprint density at radius 2 is 2.00 bits per heavy atom. The molecule has 2 aromatic heterocycles. The molecule has 0 unspecified atom stereocenters. The minimum atomic E-state index is -0.168. The van der Waals surface area contributed by atoms with Gasteiger partial charge in [0.15, 0.2) is 5.76 Å². The molecule has 0 saturated heterocycles. The van der Waals surface area contributed by atoms with Crippen molar-refractivity contribution in [2.24, 2.45) is 0 Å². The van der Waals surface area contributed by atoms with E-state index in [9.17, 15) is 4.79 Å². The standard InChI is InChI=1S/C19H22N4O2.ClH/c1-3-20-14(2)13-21-19(24)17-12-16(18-10-7-11-25-18)22-23(17)15-8-5-4-6-9-15;/h4-12,14,20H,3,13H2,1-2H3,(H,21,24);1H/t14-;/m1./s1. The molecule has 0 saturated carbocycles. The molecule has 6 nitrogen and oxygen atoms in total. The van der Waals surface area contributed by atoms with Gasteiger partial charge in [-0.05, 0) is 37.7 Å². The summed E-state index contributed by atoms with van der Waals surface area (Å²) in [7, 11) is 0. The number of aromatic nitrogens is 2. The molecule has 0 spiro atoms. The van der Waals surface area contributed by atoms with E-state index in [1.165, 1.54) is 0 Å². The number of hydrogen-bond acceptors (Lipinski definition) is 4. The van der Waals surface area contributed by atoms with Crippen LogP contribution < -0.4 is 10.6 Å². The van der Waals surface area contributed by atoms with Gasteiger partial charge in [0.2, 0.25) is 0 Å². The Kier molecular flexibility index (Phi) is 7.00. The first-order valence-corrected chi connectivity index (χ1v) is 8.40. The zero-order valence-electron chi connectivity index (χ0n) is 14.8. The molecule has 7 heteroatoms. The number of likely N-dealkylation sites (N-methyl/N-ethyl adjacent to an activating group) is 1. The smallest absolute Gasteiger partial charge is 0.270 e. The van der Waals surface area contributed by atoms with Crippen LogP contribution in [0.5, 0.6) is 0 Å². The maximum atomic E-state index is 12.7. The van der Waals surface area contributed by atoms with Crippen molar-refractivity contribution < 1.29 is 9.21 Å². The number of halogens is 1. The lowest BCUT2D eigenvalue weighted by Crippen LogP contribution is -2.39. The summed E-state index contributed by atoms with van der Waals surface area (Å²) in [5.74, 6) is 0.462. The Labute approximate surface area is 159 Å². The first-order valence-electron chi connectivity index (χ1n) is 8.40. The number of nitrogens with zero attached hydrogens (tertiary/aromatic N) is 2. The molecule has 2 N–H and O–H groups in total. The van der Waals surface area contributed by atoms with Gasteiger partial charge in [0, 0.05) is 18.7 Å². The van der Waals surface area contributed by atoms with E-state index in [1.54, 1.807) is 23.1 Å². The fourth-order valence-corrected chi connectivity index (χ4v) is 2.61. The first-order chi connectivity index (χ1) is 12.2. The molecule has 0 radical (unpaired) electrons. The fraction of sp³-hybridized carbons (Fsp3) is 0.263. The van der Waals surface area contributed by atoms with E-state index in [-0.39, 0.29) is 24.4 Å². The predicted octanol–water partition coefficient (Wildman–Crippen LogP) is 3.28. The number of furan rings is 1. The molecule has 0 aliphatic carbocycles. The van der Waals surface area contributed by atoms with Crippen molar-refractivity contribution in [2.45, 2.75) is 19.9 Å². The van der Waals surface area contributed by atoms with Gasteiger partial charge in [0.1, 0.15) is 11.4 Å². The number of carbonyl (C=O) groups is 1. The lowest BCUT2D eigenvalue weighted by atomic mass is 10.2. The van der Waals surface area contributed by atoms with Crippen LogP contribution in [-0.2, 0) is 0 Å². The Bertz CT molecular complexity index is 815. The van der Waals surface area contributed by atoms with E-state index >= 15 is 0 Å². The number of nitrogens with one attached hydrogen (secondary N) is 2. The molecule has 1 aromatic carbocycles. The van der Waals surface area contributed by atoms with Crippen molar-refractivity contribution >= 4 is 18.3 Å². The van der Waals surface area contributed by atoms with Crippen LogP contribution in [0, 0.1) is 0 Å². The maximum absolute atomic E-state index is 12.7. The lowest BCUT2D eigenvalue weighted by Gasteiger charge is -2.13. The predicted molar refractivity (Wildman–Crippen MR) is 104 cm³/mol. The van der Waals surface area contributed by atoms with Crippen LogP contribution in [-0.4, -0.2) is 34.8 Å². The Balaban J connectivity index is 0.00000243. The Morgan fingerprint density at radius 3 is 2.65 bits per heavy atom. The third kappa shape index (κ3) is 4.53. The van der Waals surface area contributed by atoms with Gasteiger partial charge in [-0.1, -0.05) is 25.1 Å². The van der Waals surface area contributed by atoms with Crippen LogP contribution in [0.15, 0.2) is 59.2 Å². The second-order valence-electron chi connectivity index (χ2n) is 5.81. The van der Waals surface area contributed by atoms with Gasteiger partial charge in [0.25, 0.3) is 5.91 Å². The van der Waals surface area contributed by atoms with Gasteiger partial charge in [-0.15, -0.1) is 12.4 Å². The summed E-state index contributed by atoms with van der Waals surface area (Å²) in [6.45, 7) is 5.48. The molecule has 0 aliphatic heterocycles. The third-order valence-corrected chi connectivity index (χ3v) is 3.84. The Hall–Kier alpha value is -2.57. The van der Waals surface area contributed by atoms with Gasteiger partial charge in [0.05, 0.1) is 12.0 Å². The molecule has 0 bridgehead atoms. The van der Waals surface area contributed by atoms with Crippen LogP contribution >= 0.6 is 12.4 Å². The number of hydrogen-bond donors (Lipinski definition) is 2. The molecule has 3 aromatic rings. The van der Waals surface area contributed by atoms with Crippen LogP contribution in [0.4, 0.5) is 0 Å². The summed E-state index contributed by atoms with van der Waals surface area (Å²) >= 11 is 0. The average Bonchev–Trinajstić information content (AvgIpc) is 3.30. The average molecular weight is 375 g/mol. The second-order valence-corrected chi connectivity index (χ2v) is 5.81. The van der Waals surface area contributed by atoms with Crippen molar-refractivity contribution in [3.63, 3.8) is 0 Å². The fourth-order valence-electron chi connectivity index (χ4n) is 2.61. The molecular formula is C19H23ClN4O2. The third-order valence-electron chi connectivity index (χ3n) is 3.84. The highest BCUT2D eigenvalue weighted by atomic mass is 35.5. The Morgan fingerprint density at radius 1 is 1.23 bits per heavy atom. The highest BCUT2D eigenvalue weighted by molar-refractivity contribution is 5.94. The highest BCUT2D eigenvalue weighted by Crippen LogP contribution is 2.22. The van der Waals surface area contributed by atoms with Crippen molar-refractivity contribution in [2.75, 3.05) is 13.1 Å². The quantitative estimate of drug-likeness (QED) is 0.665. The molecule has 1 atom stereocenters. The van der Waals surface area contributed by atoms with Gasteiger partial charge >= 0.3 is 0 Å². The molecule has 0 aliphatic rings. The van der Waals surface area contributed by atoms with Crippen molar-refractivity contribution in [1.82, 2.24) is 20.4 Å². The summed E-state index contributed by atoms with van der Waals surface area (Å²) in [5, 5.41) is 10.8. The zero-order valence-corrected chi connectivity index (χ0v) is 15.6. The van der Waals surface area contributed by atoms with Gasteiger partial charge in [-0.3, -0.25) is 4.79 Å². The number of benzene rings is 1. The maximum Gasteiger partial charge on any atom is 0.270 e. The van der Waals surface area contributed by atoms with E-state index in [0.717, 1.165) is 12.2 Å². The van der Waals surface area contributed by atoms with Crippen LogP contribution in [0.25, 0.3) is 17.1 Å². The SMILES string of the molecule is CCN[C@H](C)CNC(=O)c1cc(-c2ccco2)nn1-c1ccccc1.Cl. The second kappa shape index (κ2) is 9.22. The van der Waals surface area contributed by atoms with Crippen molar-refractivity contribution in [1.29, 1.82) is 0 Å². The molecule has 3 rings (SSSR count). The lowest BCUT2D eigenvalue weighted by molar-refractivity contribution is 0.0942. The highest BCUT2D eigenvalue weighted by Gasteiger charge is 2.19. The summed E-state index contributed by atoms with van der Waals surface area (Å²) in [6.07, 6.45) is 1.59. The monoisotopic (exact) mass is 374 g/mol. The van der Waals surface area contributed by atoms with E-state index in [4.69, 9.17) is 4.42 Å². The molecule has 0 fully saturated rings. The van der Waals surface area contributed by atoms with Crippen LogP contribution in [0.2, 0.25) is 0 Å². The minimum Gasteiger partial charge on any atom is -0.463 e. The zero-order chi connectivity index (χ0) is 17.6. The molecular weight excluding hydrogens is 352 g/mol. The van der Waals surface area contributed by atoms with E-state index in [2.05, 4.69) is 15.7 Å². The van der Waals surface area contributed by atoms with Crippen LogP contribution in [0.3, 0.4) is 0 Å². The van der Waals surface area contributed by atoms with Gasteiger partial charge in [-0.2, -0.15) is 5.10 Å². The molecule has 1 amide bonds. The number of rotatable bonds is 7. The van der Waals surface area contributed by atoms with E-state index < -0.39 is 0 Å². The van der Waals surface area contributed by atoms with Crippen molar-refractivity contribution in [3.8, 4) is 17.1 Å². The first kappa shape index (κ1) is 19.8. The normalized spacial score (nSPS) is 11.6. The van der Waals surface area contributed by atoms with Crippen LogP contribution in [0.1, 0.15) is 24.3 Å². The van der Waals surface area contributed by atoms with Crippen molar-refractivity contribution in [3.05, 3.63) is 60.5 Å². The summed E-state index contributed by atoms with van der Waals surface area (Å²) in [5.41, 5.74) is 1.92. The minimum absolute atomic E-state index is 0. The molecule has 138 valence electrons. The molecule has 26 heavy (non-hydrogen) atoms. The summed E-state index contributed by atoms with van der Waals surface area (Å²) in [4.78, 5) is 12.7. The summed E-state index contributed by atoms with van der Waals surface area (Å²) < 4.78 is 7.06. The van der Waals surface area contributed by atoms with Gasteiger partial charge < -0.3 is 15.1 Å². The summed E-state index contributed by atoms with van der Waals surface area (Å²) in [6, 6.07) is 15.2. The largest absolute Gasteiger partial charge is 0.463 e. The van der Waals surface area contributed by atoms with Gasteiger partial charge in [-0.25, -0.2) is 4.68 Å². The number of amides is 1. The number of carbonyl (C=O) groups excluding carboxylic acids is 1. The number of para-hydroxylation sites is 1.